The number of hydrogen-bond donors (Lipinski definition) is 1. The number of aromatic nitrogens is 2. The molecular weight excluding hydrogens is 370 g/mol. The highest BCUT2D eigenvalue weighted by Gasteiger charge is 2.12. The fourth-order valence-corrected chi connectivity index (χ4v) is 3.11. The molecule has 1 aromatic heterocycles. The summed E-state index contributed by atoms with van der Waals surface area (Å²) in [5.74, 6) is 0. The lowest BCUT2D eigenvalue weighted by atomic mass is 10.2. The number of halogens is 2. The molecule has 5 heteroatoms. The molecule has 102 valence electrons. The summed E-state index contributed by atoms with van der Waals surface area (Å²) in [7, 11) is 1.98. The maximum absolute atomic E-state index is 4.50. The first-order valence-electron chi connectivity index (χ1n) is 6.23. The van der Waals surface area contributed by atoms with Crippen molar-refractivity contribution in [1.29, 1.82) is 0 Å². The van der Waals surface area contributed by atoms with Crippen LogP contribution in [-0.4, -0.2) is 9.78 Å². The van der Waals surface area contributed by atoms with Crippen LogP contribution in [0.15, 0.2) is 27.1 Å². The van der Waals surface area contributed by atoms with Crippen LogP contribution in [-0.2, 0) is 20.0 Å². The van der Waals surface area contributed by atoms with Gasteiger partial charge in [-0.05, 0) is 62.9 Å². The zero-order valence-corrected chi connectivity index (χ0v) is 14.5. The number of nitrogens with one attached hydrogen (secondary N) is 1. The second-order valence-corrected chi connectivity index (χ2v) is 6.17. The Balaban J connectivity index is 2.19. The predicted octanol–water partition coefficient (Wildman–Crippen LogP) is 4.43. The van der Waals surface area contributed by atoms with Gasteiger partial charge in [-0.1, -0.05) is 13.0 Å². The van der Waals surface area contributed by atoms with Gasteiger partial charge in [-0.25, -0.2) is 0 Å². The van der Waals surface area contributed by atoms with E-state index in [2.05, 4.69) is 74.3 Å². The van der Waals surface area contributed by atoms with Gasteiger partial charge in [-0.2, -0.15) is 5.10 Å². The summed E-state index contributed by atoms with van der Waals surface area (Å²) in [4.78, 5) is 0. The van der Waals surface area contributed by atoms with Crippen molar-refractivity contribution in [3.05, 3.63) is 44.1 Å². The van der Waals surface area contributed by atoms with E-state index in [0.717, 1.165) is 39.0 Å². The molecule has 1 aromatic carbocycles. The first-order valence-corrected chi connectivity index (χ1v) is 7.81. The number of aryl methyl sites for hydroxylation is 3. The molecule has 1 heterocycles. The minimum Gasteiger partial charge on any atom is -0.378 e. The summed E-state index contributed by atoms with van der Waals surface area (Å²) < 4.78 is 4.11. The van der Waals surface area contributed by atoms with Crippen molar-refractivity contribution < 1.29 is 0 Å². The third-order valence-corrected chi connectivity index (χ3v) is 4.68. The molecule has 2 rings (SSSR count). The lowest BCUT2D eigenvalue weighted by Gasteiger charge is -2.10. The molecule has 19 heavy (non-hydrogen) atoms. The Kier molecular flexibility index (Phi) is 4.68. The summed E-state index contributed by atoms with van der Waals surface area (Å²) in [6.07, 6.45) is 0.933. The van der Waals surface area contributed by atoms with Gasteiger partial charge in [0.1, 0.15) is 0 Å². The van der Waals surface area contributed by atoms with E-state index in [-0.39, 0.29) is 0 Å². The van der Waals surface area contributed by atoms with Crippen molar-refractivity contribution >= 4 is 37.5 Å². The van der Waals surface area contributed by atoms with Gasteiger partial charge >= 0.3 is 0 Å². The van der Waals surface area contributed by atoms with Crippen molar-refractivity contribution in [2.45, 2.75) is 26.8 Å². The molecule has 0 aliphatic carbocycles. The van der Waals surface area contributed by atoms with Crippen molar-refractivity contribution in [3.63, 3.8) is 0 Å². The average Bonchev–Trinajstić information content (AvgIpc) is 2.66. The Morgan fingerprint density at radius 3 is 2.68 bits per heavy atom. The van der Waals surface area contributed by atoms with Gasteiger partial charge in [0.2, 0.25) is 0 Å². The molecule has 0 bridgehead atoms. The monoisotopic (exact) mass is 385 g/mol. The molecule has 0 fully saturated rings. The molecule has 1 N–H and O–H groups in total. The fraction of sp³-hybridized carbons (Fsp3) is 0.357. The quantitative estimate of drug-likeness (QED) is 0.842. The van der Waals surface area contributed by atoms with Crippen LogP contribution >= 0.6 is 31.9 Å². The average molecular weight is 387 g/mol. The van der Waals surface area contributed by atoms with E-state index in [0.29, 0.717) is 0 Å². The molecule has 0 aliphatic heterocycles. The van der Waals surface area contributed by atoms with E-state index in [9.17, 15) is 0 Å². The van der Waals surface area contributed by atoms with Crippen LogP contribution < -0.4 is 5.32 Å². The van der Waals surface area contributed by atoms with Gasteiger partial charge in [0.15, 0.2) is 0 Å². The number of rotatable bonds is 4. The van der Waals surface area contributed by atoms with E-state index >= 15 is 0 Å². The zero-order valence-electron chi connectivity index (χ0n) is 11.3. The molecule has 0 unspecified atom stereocenters. The molecule has 0 saturated carbocycles. The summed E-state index contributed by atoms with van der Waals surface area (Å²) in [5, 5.41) is 7.95. The maximum atomic E-state index is 4.50. The smallest absolute Gasteiger partial charge is 0.0767 e. The van der Waals surface area contributed by atoms with Gasteiger partial charge in [-0.3, -0.25) is 4.68 Å². The van der Waals surface area contributed by atoms with E-state index < -0.39 is 0 Å². The Labute approximate surface area is 130 Å². The third kappa shape index (κ3) is 3.20. The van der Waals surface area contributed by atoms with Crippen LogP contribution in [0, 0.1) is 6.92 Å². The normalized spacial score (nSPS) is 10.8. The van der Waals surface area contributed by atoms with E-state index in [1.54, 1.807) is 0 Å². The Bertz CT molecular complexity index is 591. The van der Waals surface area contributed by atoms with Crippen molar-refractivity contribution in [2.75, 3.05) is 5.32 Å². The minimum absolute atomic E-state index is 0.742. The lowest BCUT2D eigenvalue weighted by Crippen LogP contribution is -2.06. The lowest BCUT2D eigenvalue weighted by molar-refractivity contribution is 0.706. The van der Waals surface area contributed by atoms with Crippen molar-refractivity contribution in [1.82, 2.24) is 9.78 Å². The standard InChI is InChI=1S/C14H17Br2N3/c1-4-11-14(16)13(19(3)18-11)8-17-12-7-9(2)5-6-10(12)15/h5-7,17H,4,8H2,1-3H3. The van der Waals surface area contributed by atoms with E-state index in [1.807, 2.05) is 11.7 Å². The van der Waals surface area contributed by atoms with Crippen LogP contribution in [0.3, 0.4) is 0 Å². The van der Waals surface area contributed by atoms with Gasteiger partial charge in [0.05, 0.1) is 22.4 Å². The molecular formula is C14H17Br2N3. The van der Waals surface area contributed by atoms with Crippen molar-refractivity contribution in [3.8, 4) is 0 Å². The third-order valence-electron chi connectivity index (χ3n) is 3.07. The SMILES string of the molecule is CCc1nn(C)c(CNc2cc(C)ccc2Br)c1Br. The molecule has 0 saturated heterocycles. The zero-order chi connectivity index (χ0) is 14.0. The first kappa shape index (κ1) is 14.6. The second-order valence-electron chi connectivity index (χ2n) is 4.52. The second kappa shape index (κ2) is 6.09. The fourth-order valence-electron chi connectivity index (χ4n) is 1.97. The van der Waals surface area contributed by atoms with Crippen LogP contribution in [0.25, 0.3) is 0 Å². The minimum atomic E-state index is 0.742. The number of nitrogens with zero attached hydrogens (tertiary/aromatic N) is 2. The Morgan fingerprint density at radius 2 is 2.05 bits per heavy atom. The molecule has 0 spiro atoms. The summed E-state index contributed by atoms with van der Waals surface area (Å²) >= 11 is 7.20. The number of benzene rings is 1. The largest absolute Gasteiger partial charge is 0.378 e. The molecule has 0 radical (unpaired) electrons. The number of hydrogen-bond acceptors (Lipinski definition) is 2. The Hall–Kier alpha value is -0.810. The molecule has 0 atom stereocenters. The van der Waals surface area contributed by atoms with Crippen LogP contribution in [0.4, 0.5) is 5.69 Å². The van der Waals surface area contributed by atoms with Crippen LogP contribution in [0.5, 0.6) is 0 Å². The number of anilines is 1. The molecule has 0 amide bonds. The van der Waals surface area contributed by atoms with Crippen LogP contribution in [0.1, 0.15) is 23.9 Å². The van der Waals surface area contributed by atoms with E-state index in [4.69, 9.17) is 0 Å². The van der Waals surface area contributed by atoms with Crippen LogP contribution in [0.2, 0.25) is 0 Å². The highest BCUT2D eigenvalue weighted by molar-refractivity contribution is 9.11. The topological polar surface area (TPSA) is 29.9 Å². The van der Waals surface area contributed by atoms with Gasteiger partial charge in [0.25, 0.3) is 0 Å². The summed E-state index contributed by atoms with van der Waals surface area (Å²) in [6, 6.07) is 6.28. The molecule has 2 aromatic rings. The maximum Gasteiger partial charge on any atom is 0.0767 e. The van der Waals surface area contributed by atoms with Gasteiger partial charge < -0.3 is 5.32 Å². The van der Waals surface area contributed by atoms with Crippen molar-refractivity contribution in [2.24, 2.45) is 7.05 Å². The molecule has 3 nitrogen and oxygen atoms in total. The van der Waals surface area contributed by atoms with E-state index in [1.165, 1.54) is 5.56 Å². The highest BCUT2D eigenvalue weighted by atomic mass is 79.9. The highest BCUT2D eigenvalue weighted by Crippen LogP contribution is 2.26. The predicted molar refractivity (Wildman–Crippen MR) is 86.5 cm³/mol. The van der Waals surface area contributed by atoms with Gasteiger partial charge in [-0.15, -0.1) is 0 Å². The van der Waals surface area contributed by atoms with Gasteiger partial charge in [0, 0.05) is 17.2 Å². The Morgan fingerprint density at radius 1 is 1.32 bits per heavy atom. The summed E-state index contributed by atoms with van der Waals surface area (Å²) in [6.45, 7) is 4.94. The first-order chi connectivity index (χ1) is 9.02. The summed E-state index contributed by atoms with van der Waals surface area (Å²) in [5.41, 5.74) is 4.60. The molecule has 0 aliphatic rings.